The average Bonchev–Trinajstić information content (AvgIpc) is 2.16. The second-order valence-corrected chi connectivity index (χ2v) is 4.94. The van der Waals surface area contributed by atoms with E-state index in [4.69, 9.17) is 5.73 Å². The molecule has 72 valence electrons. The van der Waals surface area contributed by atoms with Crippen molar-refractivity contribution in [3.63, 3.8) is 0 Å². The largest absolute Gasteiger partial charge is 0.324 e. The molecular formula is C10H22N2. The Bertz CT molecular complexity index is 138. The molecule has 0 saturated carbocycles. The molecular weight excluding hydrogens is 148 g/mol. The summed E-state index contributed by atoms with van der Waals surface area (Å²) in [7, 11) is 0. The standard InChI is InChI=1S/C10H22N2/c1-8-5-6-9(2)12(8)7-10(3,4)11/h8-9H,5-7,11H2,1-4H3. The Labute approximate surface area is 76.1 Å². The monoisotopic (exact) mass is 170 g/mol. The third-order valence-electron chi connectivity index (χ3n) is 2.72. The van der Waals surface area contributed by atoms with Crippen LogP contribution in [0.15, 0.2) is 0 Å². The van der Waals surface area contributed by atoms with Gasteiger partial charge in [-0.25, -0.2) is 0 Å². The third-order valence-corrected chi connectivity index (χ3v) is 2.72. The zero-order valence-electron chi connectivity index (χ0n) is 8.80. The second-order valence-electron chi connectivity index (χ2n) is 4.94. The normalized spacial score (nSPS) is 32.8. The van der Waals surface area contributed by atoms with E-state index in [0.717, 1.165) is 18.6 Å². The Hall–Kier alpha value is -0.0800. The highest BCUT2D eigenvalue weighted by molar-refractivity contribution is 4.87. The fraction of sp³-hybridized carbons (Fsp3) is 1.00. The molecule has 1 fully saturated rings. The maximum atomic E-state index is 6.00. The van der Waals surface area contributed by atoms with Gasteiger partial charge < -0.3 is 5.73 Å². The highest BCUT2D eigenvalue weighted by Gasteiger charge is 2.30. The van der Waals surface area contributed by atoms with E-state index in [2.05, 4.69) is 32.6 Å². The van der Waals surface area contributed by atoms with Gasteiger partial charge in [0.2, 0.25) is 0 Å². The van der Waals surface area contributed by atoms with E-state index in [0.29, 0.717) is 0 Å². The number of nitrogens with zero attached hydrogens (tertiary/aromatic N) is 1. The molecule has 0 radical (unpaired) electrons. The molecule has 1 saturated heterocycles. The molecule has 2 N–H and O–H groups in total. The first-order valence-electron chi connectivity index (χ1n) is 4.95. The minimum absolute atomic E-state index is 0.0488. The maximum absolute atomic E-state index is 6.00. The van der Waals surface area contributed by atoms with Crippen molar-refractivity contribution in [1.29, 1.82) is 0 Å². The molecule has 2 atom stereocenters. The molecule has 2 unspecified atom stereocenters. The predicted molar refractivity (Wildman–Crippen MR) is 53.1 cm³/mol. The van der Waals surface area contributed by atoms with Crippen LogP contribution in [0.4, 0.5) is 0 Å². The molecule has 0 amide bonds. The van der Waals surface area contributed by atoms with E-state index in [1.54, 1.807) is 0 Å². The fourth-order valence-corrected chi connectivity index (χ4v) is 2.03. The van der Waals surface area contributed by atoms with Crippen LogP contribution < -0.4 is 5.73 Å². The quantitative estimate of drug-likeness (QED) is 0.682. The van der Waals surface area contributed by atoms with Gasteiger partial charge in [0.15, 0.2) is 0 Å². The molecule has 0 aliphatic carbocycles. The number of rotatable bonds is 2. The highest BCUT2D eigenvalue weighted by Crippen LogP contribution is 2.24. The second kappa shape index (κ2) is 3.35. The average molecular weight is 170 g/mol. The zero-order valence-corrected chi connectivity index (χ0v) is 8.80. The Kier molecular flexibility index (Phi) is 2.79. The first-order chi connectivity index (χ1) is 5.40. The number of hydrogen-bond acceptors (Lipinski definition) is 2. The summed E-state index contributed by atoms with van der Waals surface area (Å²) in [5.41, 5.74) is 5.95. The fourth-order valence-electron chi connectivity index (χ4n) is 2.03. The van der Waals surface area contributed by atoms with Crippen molar-refractivity contribution >= 4 is 0 Å². The van der Waals surface area contributed by atoms with Crippen molar-refractivity contribution in [2.45, 2.75) is 58.2 Å². The molecule has 1 heterocycles. The summed E-state index contributed by atoms with van der Waals surface area (Å²) in [4.78, 5) is 2.53. The Morgan fingerprint density at radius 3 is 2.00 bits per heavy atom. The van der Waals surface area contributed by atoms with Crippen molar-refractivity contribution in [3.05, 3.63) is 0 Å². The zero-order chi connectivity index (χ0) is 9.35. The summed E-state index contributed by atoms with van der Waals surface area (Å²) in [5.74, 6) is 0. The molecule has 1 aliphatic heterocycles. The number of nitrogens with two attached hydrogens (primary N) is 1. The van der Waals surface area contributed by atoms with Gasteiger partial charge in [-0.2, -0.15) is 0 Å². The van der Waals surface area contributed by atoms with Crippen LogP contribution in [0.1, 0.15) is 40.5 Å². The summed E-state index contributed by atoms with van der Waals surface area (Å²) in [6, 6.07) is 1.45. The van der Waals surface area contributed by atoms with Gasteiger partial charge in [0.05, 0.1) is 0 Å². The van der Waals surface area contributed by atoms with Gasteiger partial charge in [0.1, 0.15) is 0 Å². The van der Waals surface area contributed by atoms with E-state index in [9.17, 15) is 0 Å². The third kappa shape index (κ3) is 2.46. The number of likely N-dealkylation sites (tertiary alicyclic amines) is 1. The van der Waals surface area contributed by atoms with Crippen LogP contribution in [0.3, 0.4) is 0 Å². The summed E-state index contributed by atoms with van der Waals surface area (Å²) < 4.78 is 0. The summed E-state index contributed by atoms with van der Waals surface area (Å²) in [6.07, 6.45) is 2.66. The molecule has 0 bridgehead atoms. The Balaban J connectivity index is 2.50. The molecule has 1 aliphatic rings. The predicted octanol–water partition coefficient (Wildman–Crippen LogP) is 1.60. The van der Waals surface area contributed by atoms with Gasteiger partial charge >= 0.3 is 0 Å². The van der Waals surface area contributed by atoms with E-state index < -0.39 is 0 Å². The SMILES string of the molecule is CC1CCC(C)N1CC(C)(C)N. The first kappa shape index (κ1) is 10.0. The maximum Gasteiger partial charge on any atom is 0.0226 e. The van der Waals surface area contributed by atoms with Crippen molar-refractivity contribution in [3.8, 4) is 0 Å². The molecule has 12 heavy (non-hydrogen) atoms. The molecule has 2 heteroatoms. The van der Waals surface area contributed by atoms with Crippen LogP contribution in [-0.4, -0.2) is 29.1 Å². The molecule has 0 aromatic rings. The van der Waals surface area contributed by atoms with Crippen LogP contribution in [-0.2, 0) is 0 Å². The molecule has 0 spiro atoms. The van der Waals surface area contributed by atoms with E-state index in [1.807, 2.05) is 0 Å². The van der Waals surface area contributed by atoms with Crippen molar-refractivity contribution in [2.24, 2.45) is 5.73 Å². The van der Waals surface area contributed by atoms with E-state index >= 15 is 0 Å². The minimum atomic E-state index is -0.0488. The molecule has 2 nitrogen and oxygen atoms in total. The summed E-state index contributed by atoms with van der Waals surface area (Å²) in [6.45, 7) is 9.83. The van der Waals surface area contributed by atoms with Gasteiger partial charge in [0.25, 0.3) is 0 Å². The van der Waals surface area contributed by atoms with Crippen LogP contribution in [0.2, 0.25) is 0 Å². The van der Waals surface area contributed by atoms with Gasteiger partial charge in [-0.3, -0.25) is 4.90 Å². The Morgan fingerprint density at radius 1 is 1.25 bits per heavy atom. The lowest BCUT2D eigenvalue weighted by molar-refractivity contribution is 0.176. The summed E-state index contributed by atoms with van der Waals surface area (Å²) in [5, 5.41) is 0. The summed E-state index contributed by atoms with van der Waals surface area (Å²) >= 11 is 0. The lowest BCUT2D eigenvalue weighted by Gasteiger charge is -2.32. The highest BCUT2D eigenvalue weighted by atomic mass is 15.2. The van der Waals surface area contributed by atoms with Gasteiger partial charge in [-0.1, -0.05) is 0 Å². The van der Waals surface area contributed by atoms with Crippen LogP contribution in [0, 0.1) is 0 Å². The van der Waals surface area contributed by atoms with Crippen molar-refractivity contribution in [2.75, 3.05) is 6.54 Å². The lowest BCUT2D eigenvalue weighted by atomic mass is 10.1. The minimum Gasteiger partial charge on any atom is -0.324 e. The van der Waals surface area contributed by atoms with Crippen molar-refractivity contribution in [1.82, 2.24) is 4.90 Å². The van der Waals surface area contributed by atoms with Crippen LogP contribution in [0.25, 0.3) is 0 Å². The van der Waals surface area contributed by atoms with Gasteiger partial charge in [-0.15, -0.1) is 0 Å². The molecule has 0 aromatic carbocycles. The van der Waals surface area contributed by atoms with Crippen LogP contribution in [0.5, 0.6) is 0 Å². The first-order valence-corrected chi connectivity index (χ1v) is 4.95. The topological polar surface area (TPSA) is 29.3 Å². The van der Waals surface area contributed by atoms with E-state index in [1.165, 1.54) is 12.8 Å². The van der Waals surface area contributed by atoms with Gasteiger partial charge in [0, 0.05) is 24.2 Å². The lowest BCUT2D eigenvalue weighted by Crippen LogP contribution is -2.48. The molecule has 0 aromatic heterocycles. The Morgan fingerprint density at radius 2 is 1.67 bits per heavy atom. The van der Waals surface area contributed by atoms with Gasteiger partial charge in [-0.05, 0) is 40.5 Å². The van der Waals surface area contributed by atoms with E-state index in [-0.39, 0.29) is 5.54 Å². The smallest absolute Gasteiger partial charge is 0.0226 e. The molecule has 1 rings (SSSR count). The number of hydrogen-bond donors (Lipinski definition) is 1. The van der Waals surface area contributed by atoms with Crippen molar-refractivity contribution < 1.29 is 0 Å². The van der Waals surface area contributed by atoms with Crippen LogP contribution >= 0.6 is 0 Å².